The number of rotatable bonds is 1. The van der Waals surface area contributed by atoms with Crippen molar-refractivity contribution in [3.05, 3.63) is 91.2 Å². The van der Waals surface area contributed by atoms with Gasteiger partial charge in [-0.1, -0.05) is 54.6 Å². The zero-order chi connectivity index (χ0) is 20.8. The van der Waals surface area contributed by atoms with Gasteiger partial charge in [0.05, 0.1) is 22.1 Å². The number of furan rings is 2. The van der Waals surface area contributed by atoms with Crippen molar-refractivity contribution < 1.29 is 8.83 Å². The van der Waals surface area contributed by atoms with Gasteiger partial charge in [-0.15, -0.1) is 0 Å². The highest BCUT2D eigenvalue weighted by molar-refractivity contribution is 6.19. The van der Waals surface area contributed by atoms with Crippen LogP contribution in [0.25, 0.3) is 71.4 Å². The summed E-state index contributed by atoms with van der Waals surface area (Å²) in [4.78, 5) is 3.59. The molecule has 0 amide bonds. The van der Waals surface area contributed by atoms with Crippen molar-refractivity contribution in [2.75, 3.05) is 0 Å². The first-order valence-corrected chi connectivity index (χ1v) is 10.7. The van der Waals surface area contributed by atoms with Gasteiger partial charge in [0.2, 0.25) is 0 Å². The SMILES string of the molecule is c1ccc2c(c1)[nH]c1cc3c(cc12)c1ccccc1n3-c1coc2oc3ccccc3c12. The topological polar surface area (TPSA) is 47.0 Å². The number of benzene rings is 4. The highest BCUT2D eigenvalue weighted by Gasteiger charge is 2.21. The lowest BCUT2D eigenvalue weighted by atomic mass is 10.1. The molecule has 0 saturated heterocycles. The predicted octanol–water partition coefficient (Wildman–Crippen LogP) is 7.91. The molecule has 0 radical (unpaired) electrons. The second-order valence-corrected chi connectivity index (χ2v) is 8.32. The van der Waals surface area contributed by atoms with Gasteiger partial charge in [-0.05, 0) is 30.3 Å². The first kappa shape index (κ1) is 16.3. The Balaban J connectivity index is 1.58. The third-order valence-electron chi connectivity index (χ3n) is 6.64. The molecule has 4 heteroatoms. The second kappa shape index (κ2) is 5.62. The number of aromatic amines is 1. The van der Waals surface area contributed by atoms with Gasteiger partial charge in [-0.3, -0.25) is 0 Å². The van der Waals surface area contributed by atoms with E-state index in [9.17, 15) is 0 Å². The molecule has 0 saturated carbocycles. The van der Waals surface area contributed by atoms with Crippen LogP contribution < -0.4 is 0 Å². The smallest absolute Gasteiger partial charge is 0.300 e. The molecule has 0 fully saturated rings. The van der Waals surface area contributed by atoms with Crippen molar-refractivity contribution in [1.29, 1.82) is 0 Å². The normalized spacial score (nSPS) is 12.4. The third kappa shape index (κ3) is 1.92. The summed E-state index contributed by atoms with van der Waals surface area (Å²) < 4.78 is 14.2. The standard InChI is InChI=1S/C28H16N2O2/c1-4-10-21-16(7-1)19-13-20-17-8-2-5-11-23(17)30(24(20)14-22(19)29-21)25-15-31-28-27(25)18-9-3-6-12-26(18)32-28/h1-15,29H. The Morgan fingerprint density at radius 1 is 0.625 bits per heavy atom. The highest BCUT2D eigenvalue weighted by Crippen LogP contribution is 2.41. The van der Waals surface area contributed by atoms with Crippen LogP contribution in [0.2, 0.25) is 0 Å². The Labute approximate surface area is 181 Å². The maximum atomic E-state index is 5.98. The number of hydrogen-bond acceptors (Lipinski definition) is 2. The summed E-state index contributed by atoms with van der Waals surface area (Å²) in [5, 5.41) is 6.98. The zero-order valence-electron chi connectivity index (χ0n) is 16.9. The Hall–Kier alpha value is -4.44. The Morgan fingerprint density at radius 3 is 2.34 bits per heavy atom. The van der Waals surface area contributed by atoms with Gasteiger partial charge in [0, 0.05) is 38.0 Å². The largest absolute Gasteiger partial charge is 0.431 e. The van der Waals surface area contributed by atoms with Gasteiger partial charge in [-0.25, -0.2) is 0 Å². The number of fused-ring (bicyclic) bond motifs is 9. The number of para-hydroxylation sites is 3. The Kier molecular flexibility index (Phi) is 2.86. The van der Waals surface area contributed by atoms with Gasteiger partial charge >= 0.3 is 0 Å². The lowest BCUT2D eigenvalue weighted by molar-refractivity contribution is 0.498. The van der Waals surface area contributed by atoms with Gasteiger partial charge in [0.15, 0.2) is 0 Å². The minimum Gasteiger partial charge on any atom is -0.431 e. The summed E-state index contributed by atoms with van der Waals surface area (Å²) in [6, 6.07) is 29.7. The first-order valence-electron chi connectivity index (χ1n) is 10.7. The maximum absolute atomic E-state index is 5.98. The first-order chi connectivity index (χ1) is 15.9. The molecule has 0 aliphatic carbocycles. The number of nitrogens with one attached hydrogen (secondary N) is 1. The molecule has 4 aromatic carbocycles. The molecule has 0 aliphatic rings. The minimum absolute atomic E-state index is 0.554. The summed E-state index contributed by atoms with van der Waals surface area (Å²) in [7, 11) is 0. The van der Waals surface area contributed by atoms with Crippen molar-refractivity contribution >= 4 is 65.7 Å². The Bertz CT molecular complexity index is 1990. The predicted molar refractivity (Wildman–Crippen MR) is 130 cm³/mol. The third-order valence-corrected chi connectivity index (χ3v) is 6.64. The molecular weight excluding hydrogens is 396 g/mol. The van der Waals surface area contributed by atoms with E-state index in [1.807, 2.05) is 24.5 Å². The molecule has 8 aromatic rings. The Morgan fingerprint density at radius 2 is 1.41 bits per heavy atom. The van der Waals surface area contributed by atoms with E-state index in [2.05, 4.69) is 76.3 Å². The summed E-state index contributed by atoms with van der Waals surface area (Å²) in [5.74, 6) is 0.554. The van der Waals surface area contributed by atoms with Crippen molar-refractivity contribution in [1.82, 2.24) is 9.55 Å². The van der Waals surface area contributed by atoms with Gasteiger partial charge < -0.3 is 18.4 Å². The summed E-state index contributed by atoms with van der Waals surface area (Å²) in [6.45, 7) is 0. The molecule has 0 bridgehead atoms. The molecule has 32 heavy (non-hydrogen) atoms. The fourth-order valence-electron chi connectivity index (χ4n) is 5.25. The second-order valence-electron chi connectivity index (χ2n) is 8.32. The maximum Gasteiger partial charge on any atom is 0.300 e. The number of hydrogen-bond donors (Lipinski definition) is 1. The van der Waals surface area contributed by atoms with Crippen LogP contribution in [-0.4, -0.2) is 9.55 Å². The molecule has 150 valence electrons. The number of nitrogens with zero attached hydrogens (tertiary/aromatic N) is 1. The molecule has 4 heterocycles. The van der Waals surface area contributed by atoms with Crippen molar-refractivity contribution in [2.45, 2.75) is 0 Å². The van der Waals surface area contributed by atoms with E-state index >= 15 is 0 Å². The molecule has 4 nitrogen and oxygen atoms in total. The van der Waals surface area contributed by atoms with Gasteiger partial charge in [0.25, 0.3) is 5.78 Å². The monoisotopic (exact) mass is 412 g/mol. The fourth-order valence-corrected chi connectivity index (χ4v) is 5.25. The average molecular weight is 412 g/mol. The summed E-state index contributed by atoms with van der Waals surface area (Å²) in [6.07, 6.45) is 1.81. The van der Waals surface area contributed by atoms with E-state index < -0.39 is 0 Å². The van der Waals surface area contributed by atoms with Gasteiger partial charge in [0.1, 0.15) is 11.8 Å². The molecule has 0 spiro atoms. The van der Waals surface area contributed by atoms with Crippen LogP contribution >= 0.6 is 0 Å². The molecule has 8 rings (SSSR count). The van der Waals surface area contributed by atoms with Crippen LogP contribution in [-0.2, 0) is 0 Å². The molecule has 4 aromatic heterocycles. The van der Waals surface area contributed by atoms with Crippen LogP contribution in [0.1, 0.15) is 0 Å². The number of aromatic nitrogens is 2. The van der Waals surface area contributed by atoms with Crippen LogP contribution in [0, 0.1) is 0 Å². The molecular formula is C28H16N2O2. The quantitative estimate of drug-likeness (QED) is 0.298. The van der Waals surface area contributed by atoms with E-state index in [0.717, 1.165) is 44.1 Å². The van der Waals surface area contributed by atoms with Crippen LogP contribution in [0.5, 0.6) is 0 Å². The van der Waals surface area contributed by atoms with E-state index in [4.69, 9.17) is 8.83 Å². The summed E-state index contributed by atoms with van der Waals surface area (Å²) in [5.41, 5.74) is 6.39. The molecule has 0 atom stereocenters. The van der Waals surface area contributed by atoms with Gasteiger partial charge in [-0.2, -0.15) is 0 Å². The van der Waals surface area contributed by atoms with Crippen LogP contribution in [0.15, 0.2) is 100 Å². The molecule has 0 aliphatic heterocycles. The van der Waals surface area contributed by atoms with E-state index in [0.29, 0.717) is 5.78 Å². The van der Waals surface area contributed by atoms with Crippen molar-refractivity contribution in [3.63, 3.8) is 0 Å². The average Bonchev–Trinajstić information content (AvgIpc) is 3.56. The zero-order valence-corrected chi connectivity index (χ0v) is 16.9. The van der Waals surface area contributed by atoms with Crippen molar-refractivity contribution in [3.8, 4) is 5.69 Å². The highest BCUT2D eigenvalue weighted by atomic mass is 16.5. The van der Waals surface area contributed by atoms with Crippen molar-refractivity contribution in [2.24, 2.45) is 0 Å². The van der Waals surface area contributed by atoms with E-state index in [1.54, 1.807) is 0 Å². The van der Waals surface area contributed by atoms with Crippen LogP contribution in [0.3, 0.4) is 0 Å². The molecule has 1 N–H and O–H groups in total. The lowest BCUT2D eigenvalue weighted by Crippen LogP contribution is -1.92. The lowest BCUT2D eigenvalue weighted by Gasteiger charge is -2.05. The molecule has 0 unspecified atom stereocenters. The van der Waals surface area contributed by atoms with E-state index in [-0.39, 0.29) is 0 Å². The van der Waals surface area contributed by atoms with E-state index in [1.165, 1.54) is 21.5 Å². The van der Waals surface area contributed by atoms with Crippen LogP contribution in [0.4, 0.5) is 0 Å². The fraction of sp³-hybridized carbons (Fsp3) is 0. The minimum atomic E-state index is 0.554. The number of H-pyrrole nitrogens is 1. The summed E-state index contributed by atoms with van der Waals surface area (Å²) >= 11 is 0.